The molecule has 2 aromatic heterocycles. The molecule has 0 saturated carbocycles. The molecule has 0 aliphatic heterocycles. The molecule has 0 aliphatic carbocycles. The number of methoxy groups -OCH3 is 2. The first kappa shape index (κ1) is 25.6. The summed E-state index contributed by atoms with van der Waals surface area (Å²) in [6.07, 6.45) is 0.331. The smallest absolute Gasteiger partial charge is 0.271 e. The average Bonchev–Trinajstić information content (AvgIpc) is 3.23. The van der Waals surface area contributed by atoms with Gasteiger partial charge in [-0.1, -0.05) is 18.2 Å². The molecule has 4 aromatic rings. The minimum atomic E-state index is -0.665. The molecule has 0 aliphatic rings. The molecule has 4 rings (SSSR count). The number of nitrogens with zero attached hydrogens (tertiary/aromatic N) is 2. The van der Waals surface area contributed by atoms with E-state index in [9.17, 15) is 20.0 Å². The number of carbonyl (C=O) groups excluding carboxylic acids is 1. The maximum absolute atomic E-state index is 13.7. The van der Waals surface area contributed by atoms with Gasteiger partial charge < -0.3 is 19.0 Å². The van der Waals surface area contributed by atoms with Crippen LogP contribution in [0.15, 0.2) is 39.5 Å². The van der Waals surface area contributed by atoms with E-state index in [0.29, 0.717) is 29.1 Å². The van der Waals surface area contributed by atoms with E-state index in [1.807, 2.05) is 38.1 Å². The summed E-state index contributed by atoms with van der Waals surface area (Å²) < 4.78 is 17.7. The number of pyridine rings is 1. The van der Waals surface area contributed by atoms with Crippen LogP contribution in [-0.4, -0.2) is 29.7 Å². The Hall–Kier alpha value is -4.51. The fourth-order valence-corrected chi connectivity index (χ4v) is 4.56. The molecule has 0 unspecified atom stereocenters. The molecular weight excluding hydrogens is 472 g/mol. The van der Waals surface area contributed by atoms with Crippen LogP contribution >= 0.6 is 0 Å². The van der Waals surface area contributed by atoms with Crippen molar-refractivity contribution in [3.63, 3.8) is 0 Å². The highest BCUT2D eigenvalue weighted by Crippen LogP contribution is 2.34. The van der Waals surface area contributed by atoms with Gasteiger partial charge in [-0.2, -0.15) is 5.26 Å². The molecule has 0 atom stereocenters. The number of carbonyl (C=O) groups is 1. The fourth-order valence-electron chi connectivity index (χ4n) is 4.56. The van der Waals surface area contributed by atoms with Crippen LogP contribution in [0.5, 0.6) is 17.4 Å². The van der Waals surface area contributed by atoms with Gasteiger partial charge in [0, 0.05) is 17.5 Å². The maximum atomic E-state index is 13.7. The fraction of sp³-hybridized carbons (Fsp3) is 0.276. The number of nitriles is 1. The number of aromatic nitrogens is 1. The topological polar surface area (TPSA) is 115 Å². The van der Waals surface area contributed by atoms with Crippen LogP contribution in [0.1, 0.15) is 49.5 Å². The summed E-state index contributed by atoms with van der Waals surface area (Å²) in [6.45, 7) is 7.17. The normalized spacial score (nSPS) is 10.9. The molecule has 0 fully saturated rings. The standard InChI is InChI=1S/C29H28N2O6/c1-15-7-9-20-18(4)27(37-26(20)16(15)2)25(32)24-17(3)21(14-30)28(33)31(29(24)34)12-11-19-8-10-22(35-5)23(13-19)36-6/h7-10,13,34H,11-12H2,1-6H3. The third kappa shape index (κ3) is 4.23. The van der Waals surface area contributed by atoms with Crippen molar-refractivity contribution >= 4 is 16.8 Å². The van der Waals surface area contributed by atoms with Gasteiger partial charge >= 0.3 is 0 Å². The molecule has 190 valence electrons. The van der Waals surface area contributed by atoms with Crippen LogP contribution in [0.3, 0.4) is 0 Å². The number of aromatic hydroxyl groups is 1. The first-order valence-corrected chi connectivity index (χ1v) is 11.8. The van der Waals surface area contributed by atoms with Crippen LogP contribution < -0.4 is 15.0 Å². The molecular formula is C29H28N2O6. The third-order valence-electron chi connectivity index (χ3n) is 6.93. The number of rotatable bonds is 7. The van der Waals surface area contributed by atoms with E-state index in [-0.39, 0.29) is 29.0 Å². The van der Waals surface area contributed by atoms with E-state index < -0.39 is 17.2 Å². The van der Waals surface area contributed by atoms with Crippen molar-refractivity contribution in [2.75, 3.05) is 14.2 Å². The van der Waals surface area contributed by atoms with Gasteiger partial charge in [0.05, 0.1) is 19.8 Å². The quantitative estimate of drug-likeness (QED) is 0.359. The van der Waals surface area contributed by atoms with Crippen LogP contribution in [0.25, 0.3) is 11.0 Å². The van der Waals surface area contributed by atoms with Gasteiger partial charge in [-0.05, 0) is 68.5 Å². The minimum Gasteiger partial charge on any atom is -0.494 e. The molecule has 0 spiro atoms. The lowest BCUT2D eigenvalue weighted by Crippen LogP contribution is -2.27. The van der Waals surface area contributed by atoms with E-state index in [1.54, 1.807) is 19.1 Å². The monoisotopic (exact) mass is 500 g/mol. The summed E-state index contributed by atoms with van der Waals surface area (Å²) >= 11 is 0. The molecule has 8 nitrogen and oxygen atoms in total. The van der Waals surface area contributed by atoms with Crippen molar-refractivity contribution in [2.45, 2.75) is 40.7 Å². The van der Waals surface area contributed by atoms with Gasteiger partial charge in [0.15, 0.2) is 17.3 Å². The van der Waals surface area contributed by atoms with Crippen LogP contribution in [0, 0.1) is 39.0 Å². The Kier molecular flexibility index (Phi) is 6.82. The van der Waals surface area contributed by atoms with Crippen molar-refractivity contribution in [2.24, 2.45) is 0 Å². The summed E-state index contributed by atoms with van der Waals surface area (Å²) in [5.41, 5.74) is 3.10. The molecule has 37 heavy (non-hydrogen) atoms. The first-order valence-electron chi connectivity index (χ1n) is 11.8. The highest BCUT2D eigenvalue weighted by molar-refractivity contribution is 6.13. The number of hydrogen-bond donors (Lipinski definition) is 1. The maximum Gasteiger partial charge on any atom is 0.271 e. The summed E-state index contributed by atoms with van der Waals surface area (Å²) in [5.74, 6) is 0.0702. The Labute approximate surface area is 214 Å². The molecule has 0 amide bonds. The Morgan fingerprint density at radius 3 is 2.38 bits per heavy atom. The predicted molar refractivity (Wildman–Crippen MR) is 139 cm³/mol. The SMILES string of the molecule is COc1ccc(CCn2c(O)c(C(=O)c3oc4c(C)c(C)ccc4c3C)c(C)c(C#N)c2=O)cc1OC. The highest BCUT2D eigenvalue weighted by atomic mass is 16.5. The van der Waals surface area contributed by atoms with E-state index >= 15 is 0 Å². The molecule has 0 saturated heterocycles. The number of ether oxygens (including phenoxy) is 2. The number of aryl methyl sites for hydroxylation is 4. The molecule has 2 aromatic carbocycles. The van der Waals surface area contributed by atoms with E-state index in [0.717, 1.165) is 26.6 Å². The molecule has 0 bridgehead atoms. The third-order valence-corrected chi connectivity index (χ3v) is 6.93. The van der Waals surface area contributed by atoms with Crippen LogP contribution in [0.4, 0.5) is 0 Å². The van der Waals surface area contributed by atoms with Crippen molar-refractivity contribution in [3.8, 4) is 23.4 Å². The lowest BCUT2D eigenvalue weighted by Gasteiger charge is -2.16. The van der Waals surface area contributed by atoms with E-state index in [4.69, 9.17) is 13.9 Å². The Morgan fingerprint density at radius 1 is 1.03 bits per heavy atom. The number of hydrogen-bond acceptors (Lipinski definition) is 7. The van der Waals surface area contributed by atoms with Crippen molar-refractivity contribution in [3.05, 3.63) is 85.4 Å². The molecule has 0 radical (unpaired) electrons. The lowest BCUT2D eigenvalue weighted by molar-refractivity contribution is 0.100. The Balaban J connectivity index is 1.81. The zero-order chi connectivity index (χ0) is 27.0. The summed E-state index contributed by atoms with van der Waals surface area (Å²) in [4.78, 5) is 26.8. The predicted octanol–water partition coefficient (Wildman–Crippen LogP) is 4.90. The number of fused-ring (bicyclic) bond motifs is 1. The van der Waals surface area contributed by atoms with Gasteiger partial charge in [-0.3, -0.25) is 14.2 Å². The number of ketones is 1. The largest absolute Gasteiger partial charge is 0.494 e. The molecule has 1 N–H and O–H groups in total. The van der Waals surface area contributed by atoms with E-state index in [1.165, 1.54) is 21.1 Å². The van der Waals surface area contributed by atoms with Crippen LogP contribution in [0.2, 0.25) is 0 Å². The second-order valence-corrected chi connectivity index (χ2v) is 8.98. The molecule has 2 heterocycles. The summed E-state index contributed by atoms with van der Waals surface area (Å²) in [5, 5.41) is 21.7. The summed E-state index contributed by atoms with van der Waals surface area (Å²) in [6, 6.07) is 11.1. The van der Waals surface area contributed by atoms with Gasteiger partial charge in [-0.15, -0.1) is 0 Å². The van der Waals surface area contributed by atoms with E-state index in [2.05, 4.69) is 0 Å². The van der Waals surface area contributed by atoms with Crippen LogP contribution in [-0.2, 0) is 13.0 Å². The van der Waals surface area contributed by atoms with Crippen molar-refractivity contribution in [1.29, 1.82) is 5.26 Å². The highest BCUT2D eigenvalue weighted by Gasteiger charge is 2.29. The average molecular weight is 501 g/mol. The second-order valence-electron chi connectivity index (χ2n) is 8.98. The zero-order valence-electron chi connectivity index (χ0n) is 21.7. The Morgan fingerprint density at radius 2 is 1.73 bits per heavy atom. The Bertz CT molecular complexity index is 1650. The lowest BCUT2D eigenvalue weighted by atomic mass is 9.98. The minimum absolute atomic E-state index is 0.0345. The first-order chi connectivity index (χ1) is 17.6. The van der Waals surface area contributed by atoms with Crippen molar-refractivity contribution < 1.29 is 23.8 Å². The van der Waals surface area contributed by atoms with Gasteiger partial charge in [0.1, 0.15) is 17.2 Å². The molecule has 8 heteroatoms. The van der Waals surface area contributed by atoms with Gasteiger partial charge in [0.2, 0.25) is 11.7 Å². The van der Waals surface area contributed by atoms with Gasteiger partial charge in [-0.25, -0.2) is 0 Å². The van der Waals surface area contributed by atoms with Gasteiger partial charge in [0.25, 0.3) is 5.56 Å². The second kappa shape index (κ2) is 9.86. The number of furan rings is 1. The summed E-state index contributed by atoms with van der Waals surface area (Å²) in [7, 11) is 3.06. The van der Waals surface area contributed by atoms with Crippen molar-refractivity contribution in [1.82, 2.24) is 4.57 Å². The zero-order valence-corrected chi connectivity index (χ0v) is 21.7. The number of benzene rings is 2.